The molecule has 214 valence electrons. The van der Waals surface area contributed by atoms with Gasteiger partial charge in [0, 0.05) is 20.9 Å². The van der Waals surface area contributed by atoms with Gasteiger partial charge in [0.25, 0.3) is 9.84 Å². The summed E-state index contributed by atoms with van der Waals surface area (Å²) in [4.78, 5) is 21.8. The third kappa shape index (κ3) is 7.05. The van der Waals surface area contributed by atoms with Gasteiger partial charge in [-0.25, -0.2) is 13.1 Å². The molecule has 1 aromatic heterocycles. The number of anilines is 1. The Kier molecular flexibility index (Phi) is 9.42. The molecule has 0 spiro atoms. The largest absolute Gasteiger partial charge is 0.502 e. The number of aromatic nitrogens is 2. The maximum Gasteiger partial charge on any atom is 0.502 e. The molecule has 2 rings (SSSR count). The van der Waals surface area contributed by atoms with Crippen molar-refractivity contribution in [1.82, 2.24) is 9.78 Å². The molecule has 0 radical (unpaired) electrons. The van der Waals surface area contributed by atoms with E-state index in [1.807, 2.05) is 0 Å². The second-order valence-electron chi connectivity index (χ2n) is 7.67. The van der Waals surface area contributed by atoms with Gasteiger partial charge in [0.05, 0.1) is 22.2 Å². The Morgan fingerprint density at radius 3 is 2.08 bits per heavy atom. The molecule has 0 aliphatic rings. The number of ether oxygens (including phenoxy) is 2. The second-order valence-corrected chi connectivity index (χ2v) is 10.4. The van der Waals surface area contributed by atoms with Crippen LogP contribution in [0.3, 0.4) is 0 Å². The number of esters is 2. The number of carbonyl (C=O) groups excluding carboxylic acids is 2. The molecule has 0 aliphatic heterocycles. The van der Waals surface area contributed by atoms with Gasteiger partial charge in [-0.15, -0.1) is 0 Å². The summed E-state index contributed by atoms with van der Waals surface area (Å²) in [6.45, 7) is 0.673. The van der Waals surface area contributed by atoms with E-state index in [1.165, 1.54) is 6.07 Å². The van der Waals surface area contributed by atoms with Gasteiger partial charge in [0.1, 0.15) is 18.4 Å². The number of carbonyl (C=O) groups is 2. The molecule has 1 unspecified atom stereocenters. The van der Waals surface area contributed by atoms with Gasteiger partial charge in [-0.05, 0) is 12.1 Å². The molecular weight excluding hydrogens is 609 g/mol. The van der Waals surface area contributed by atoms with Gasteiger partial charge in [-0.1, -0.05) is 23.2 Å². The molecule has 19 heteroatoms. The molecule has 0 N–H and O–H groups in total. The summed E-state index contributed by atoms with van der Waals surface area (Å²) in [7, 11) is -5.34. The van der Waals surface area contributed by atoms with Crippen molar-refractivity contribution in [2.45, 2.75) is 36.5 Å². The first kappa shape index (κ1) is 32.0. The summed E-state index contributed by atoms with van der Waals surface area (Å²) < 4.78 is 116. The van der Waals surface area contributed by atoms with Crippen molar-refractivity contribution in [2.75, 3.05) is 25.1 Å². The zero-order valence-corrected chi connectivity index (χ0v) is 22.1. The lowest BCUT2D eigenvalue weighted by molar-refractivity contribution is -0.155. The molecule has 0 saturated heterocycles. The third-order valence-electron chi connectivity index (χ3n) is 4.70. The van der Waals surface area contributed by atoms with Crippen LogP contribution in [0.2, 0.25) is 10.0 Å². The highest BCUT2D eigenvalue weighted by Gasteiger charge is 2.52. The van der Waals surface area contributed by atoms with E-state index in [0.717, 1.165) is 25.8 Å². The number of nitriles is 1. The molecule has 2 aromatic rings. The van der Waals surface area contributed by atoms with Gasteiger partial charge in [0.2, 0.25) is 0 Å². The van der Waals surface area contributed by atoms with E-state index in [1.54, 1.807) is 0 Å². The summed E-state index contributed by atoms with van der Waals surface area (Å²) >= 11 is 11.9. The fraction of sp³-hybridized carbons (Fsp3) is 0.400. The number of nitrogens with zero attached hydrogens (tertiary/aromatic N) is 4. The average molecular weight is 625 g/mol. The lowest BCUT2D eigenvalue weighted by atomic mass is 10.2. The van der Waals surface area contributed by atoms with Crippen molar-refractivity contribution < 1.29 is 53.8 Å². The quantitative estimate of drug-likeness (QED) is 0.311. The predicted molar refractivity (Wildman–Crippen MR) is 122 cm³/mol. The molecule has 0 fully saturated rings. The van der Waals surface area contributed by atoms with E-state index in [4.69, 9.17) is 32.7 Å². The van der Waals surface area contributed by atoms with Crippen molar-refractivity contribution in [2.24, 2.45) is 0 Å². The van der Waals surface area contributed by atoms with Crippen molar-refractivity contribution in [3.05, 3.63) is 33.4 Å². The zero-order chi connectivity index (χ0) is 30.1. The first-order chi connectivity index (χ1) is 17.7. The molecule has 0 aliphatic carbocycles. The standard InChI is InChI=1S/C20H16Cl2F6N4O6S/c1-9(33)37-8-12(38-10(2)34)7-31(3)18-17(39(35,36)20(26,27)28)15(6-29)30-32(18)16-13(21)4-11(5-14(16)22)19(23,24)25/h4-5,12H,7-8H2,1-3H3. The molecular formula is C20H16Cl2F6N4O6S. The lowest BCUT2D eigenvalue weighted by Gasteiger charge is -2.27. The molecule has 0 bridgehead atoms. The first-order valence-electron chi connectivity index (χ1n) is 10.1. The van der Waals surface area contributed by atoms with Crippen LogP contribution in [0.25, 0.3) is 5.69 Å². The number of halogens is 8. The van der Waals surface area contributed by atoms with E-state index in [0.29, 0.717) is 16.8 Å². The highest BCUT2D eigenvalue weighted by molar-refractivity contribution is 7.92. The van der Waals surface area contributed by atoms with Crippen LogP contribution in [-0.2, 0) is 35.1 Å². The Bertz CT molecular complexity index is 1410. The summed E-state index contributed by atoms with van der Waals surface area (Å²) in [5.41, 5.74) is -9.30. The molecule has 39 heavy (non-hydrogen) atoms. The smallest absolute Gasteiger partial charge is 0.462 e. The fourth-order valence-electron chi connectivity index (χ4n) is 3.21. The lowest BCUT2D eigenvalue weighted by Crippen LogP contribution is -2.38. The van der Waals surface area contributed by atoms with Gasteiger partial charge in [-0.2, -0.15) is 36.7 Å². The number of benzene rings is 1. The van der Waals surface area contributed by atoms with Gasteiger partial charge < -0.3 is 14.4 Å². The number of rotatable bonds is 8. The summed E-state index contributed by atoms with van der Waals surface area (Å²) in [5.74, 6) is -2.76. The number of alkyl halides is 6. The topological polar surface area (TPSA) is 132 Å². The van der Waals surface area contributed by atoms with E-state index < -0.39 is 90.4 Å². The summed E-state index contributed by atoms with van der Waals surface area (Å²) in [5, 5.41) is 11.3. The molecule has 0 saturated carbocycles. The van der Waals surface area contributed by atoms with Crippen LogP contribution in [0.4, 0.5) is 32.2 Å². The molecule has 1 atom stereocenters. The van der Waals surface area contributed by atoms with Crippen LogP contribution in [-0.4, -0.2) is 61.9 Å². The minimum atomic E-state index is -6.33. The highest BCUT2D eigenvalue weighted by Crippen LogP contribution is 2.43. The molecule has 1 aromatic carbocycles. The van der Waals surface area contributed by atoms with Crippen molar-refractivity contribution >= 4 is 50.8 Å². The van der Waals surface area contributed by atoms with Crippen LogP contribution >= 0.6 is 23.2 Å². The van der Waals surface area contributed by atoms with Crippen molar-refractivity contribution in [3.8, 4) is 11.8 Å². The van der Waals surface area contributed by atoms with E-state index in [9.17, 15) is 49.6 Å². The third-order valence-corrected chi connectivity index (χ3v) is 6.80. The summed E-state index contributed by atoms with van der Waals surface area (Å²) in [6.07, 6.45) is -6.34. The Morgan fingerprint density at radius 1 is 1.13 bits per heavy atom. The van der Waals surface area contributed by atoms with Gasteiger partial charge >= 0.3 is 23.6 Å². The number of hydrogen-bond donors (Lipinski definition) is 0. The molecule has 0 amide bonds. The van der Waals surface area contributed by atoms with E-state index in [2.05, 4.69) is 5.10 Å². The monoisotopic (exact) mass is 624 g/mol. The van der Waals surface area contributed by atoms with Crippen LogP contribution in [0.5, 0.6) is 0 Å². The van der Waals surface area contributed by atoms with Crippen LogP contribution in [0.1, 0.15) is 25.1 Å². The minimum Gasteiger partial charge on any atom is -0.462 e. The van der Waals surface area contributed by atoms with E-state index in [-0.39, 0.29) is 0 Å². The molecule has 10 nitrogen and oxygen atoms in total. The zero-order valence-electron chi connectivity index (χ0n) is 19.8. The number of hydrogen-bond acceptors (Lipinski definition) is 9. The molecule has 1 heterocycles. The van der Waals surface area contributed by atoms with Crippen molar-refractivity contribution in [1.29, 1.82) is 5.26 Å². The number of sulfone groups is 1. The average Bonchev–Trinajstić information content (AvgIpc) is 3.15. The normalized spacial score (nSPS) is 13.0. The Morgan fingerprint density at radius 2 is 1.67 bits per heavy atom. The maximum atomic E-state index is 13.6. The fourth-order valence-corrected chi connectivity index (χ4v) is 4.92. The maximum absolute atomic E-state index is 13.6. The second kappa shape index (κ2) is 11.5. The minimum absolute atomic E-state index is 0.346. The first-order valence-corrected chi connectivity index (χ1v) is 12.4. The Balaban J connectivity index is 2.90. The Hall–Kier alpha value is -3.23. The summed E-state index contributed by atoms with van der Waals surface area (Å²) in [6, 6.07) is 1.92. The van der Waals surface area contributed by atoms with Gasteiger partial charge in [0.15, 0.2) is 22.5 Å². The van der Waals surface area contributed by atoms with Crippen molar-refractivity contribution in [3.63, 3.8) is 0 Å². The SMILES string of the molecule is CC(=O)OCC(CN(C)c1c(S(=O)(=O)C(F)(F)F)c(C#N)nn1-c1c(Cl)cc(C(F)(F)F)cc1Cl)OC(C)=O. The highest BCUT2D eigenvalue weighted by atomic mass is 35.5. The predicted octanol–water partition coefficient (Wildman–Crippen LogP) is 4.29. The van der Waals surface area contributed by atoms with Crippen LogP contribution in [0.15, 0.2) is 17.0 Å². The van der Waals surface area contributed by atoms with E-state index >= 15 is 0 Å². The van der Waals surface area contributed by atoms with Crippen LogP contribution < -0.4 is 4.90 Å². The number of likely N-dealkylation sites (N-methyl/N-ethyl adjacent to an activating group) is 1. The van der Waals surface area contributed by atoms with Gasteiger partial charge in [-0.3, -0.25) is 9.59 Å². The Labute approximate surface area is 226 Å². The van der Waals surface area contributed by atoms with Crippen LogP contribution in [0, 0.1) is 11.3 Å².